The number of hydrogen-bond donors (Lipinski definition) is 0. The van der Waals surface area contributed by atoms with Crippen LogP contribution in [0.2, 0.25) is 0 Å². The Hall–Kier alpha value is -5.55. The van der Waals surface area contributed by atoms with Gasteiger partial charge in [0, 0.05) is 36.0 Å². The summed E-state index contributed by atoms with van der Waals surface area (Å²) < 4.78 is 46.3. The molecule has 0 aliphatic carbocycles. The normalized spacial score (nSPS) is 17.7. The number of nitrogens with zero attached hydrogens (tertiary/aromatic N) is 5. The van der Waals surface area contributed by atoms with Crippen molar-refractivity contribution in [2.75, 3.05) is 33.1 Å². The van der Waals surface area contributed by atoms with Crippen LogP contribution in [-0.4, -0.2) is 72.3 Å². The molecule has 3 aromatic carbocycles. The zero-order valence-electron chi connectivity index (χ0n) is 25.8. The number of ether oxygens (including phenoxy) is 3. The maximum Gasteiger partial charge on any atom is 0.271 e. The van der Waals surface area contributed by atoms with E-state index in [1.165, 1.54) is 10.4 Å². The summed E-state index contributed by atoms with van der Waals surface area (Å²) in [5.41, 5.74) is 2.96. The molecule has 1 aromatic heterocycles. The van der Waals surface area contributed by atoms with Crippen LogP contribution in [0.5, 0.6) is 11.5 Å². The number of benzene rings is 3. The lowest BCUT2D eigenvalue weighted by Gasteiger charge is -2.27. The highest BCUT2D eigenvalue weighted by atomic mass is 32.2. The van der Waals surface area contributed by atoms with Crippen molar-refractivity contribution in [1.82, 2.24) is 19.0 Å². The van der Waals surface area contributed by atoms with Gasteiger partial charge in [-0.25, -0.2) is 13.1 Å². The molecule has 0 unspecified atom stereocenters. The monoisotopic (exact) mass is 663 g/mol. The minimum absolute atomic E-state index is 0.0782. The Morgan fingerprint density at radius 2 is 1.71 bits per heavy atom. The summed E-state index contributed by atoms with van der Waals surface area (Å²) in [6.45, 7) is 2.69. The van der Waals surface area contributed by atoms with Crippen molar-refractivity contribution in [1.29, 1.82) is 5.26 Å². The summed E-state index contributed by atoms with van der Waals surface area (Å²) in [6.07, 6.45) is 3.32. The van der Waals surface area contributed by atoms with E-state index in [4.69, 9.17) is 19.3 Å². The molecule has 1 saturated heterocycles. The number of sulfonamides is 1. The third-order valence-electron chi connectivity index (χ3n) is 8.38. The summed E-state index contributed by atoms with van der Waals surface area (Å²) in [5.74, 6) is -0.218. The second-order valence-electron chi connectivity index (χ2n) is 11.3. The van der Waals surface area contributed by atoms with Crippen LogP contribution in [-0.2, 0) is 30.9 Å². The molecule has 7 rings (SSSR count). The van der Waals surface area contributed by atoms with Crippen LogP contribution in [0.25, 0.3) is 23.0 Å². The minimum atomic E-state index is -3.81. The number of morpholine rings is 1. The number of rotatable bonds is 7. The average Bonchev–Trinajstić information content (AvgIpc) is 3.77. The van der Waals surface area contributed by atoms with Crippen molar-refractivity contribution in [2.24, 2.45) is 0 Å². The number of amides is 2. The van der Waals surface area contributed by atoms with E-state index in [0.29, 0.717) is 47.1 Å². The topological polar surface area (TPSA) is 144 Å². The molecule has 0 atom stereocenters. The van der Waals surface area contributed by atoms with E-state index in [0.717, 1.165) is 10.6 Å². The van der Waals surface area contributed by atoms with Gasteiger partial charge in [0.2, 0.25) is 16.8 Å². The molecule has 3 aliphatic heterocycles. The van der Waals surface area contributed by atoms with E-state index in [1.807, 2.05) is 36.4 Å². The highest BCUT2D eigenvalue weighted by Crippen LogP contribution is 2.35. The van der Waals surface area contributed by atoms with E-state index in [1.54, 1.807) is 60.3 Å². The summed E-state index contributed by atoms with van der Waals surface area (Å²) in [5, 5.41) is 14.8. The number of aromatic nitrogens is 2. The Balaban J connectivity index is 1.32. The second kappa shape index (κ2) is 12.6. The van der Waals surface area contributed by atoms with Gasteiger partial charge in [-0.3, -0.25) is 14.5 Å². The van der Waals surface area contributed by atoms with Crippen LogP contribution >= 0.6 is 0 Å². The van der Waals surface area contributed by atoms with Crippen LogP contribution in [0.4, 0.5) is 0 Å². The molecule has 12 nitrogen and oxygen atoms in total. The first kappa shape index (κ1) is 31.1. The first-order chi connectivity index (χ1) is 23.2. The molecule has 0 saturated carbocycles. The molecule has 2 amide bonds. The van der Waals surface area contributed by atoms with E-state index < -0.39 is 21.8 Å². The van der Waals surface area contributed by atoms with Crippen LogP contribution in [0.1, 0.15) is 18.1 Å². The van der Waals surface area contributed by atoms with Crippen molar-refractivity contribution < 1.29 is 32.2 Å². The summed E-state index contributed by atoms with van der Waals surface area (Å²) >= 11 is 0. The van der Waals surface area contributed by atoms with Gasteiger partial charge in [-0.05, 0) is 60.5 Å². The van der Waals surface area contributed by atoms with Crippen LogP contribution in [0, 0.1) is 11.3 Å². The molecule has 4 heterocycles. The number of nitriles is 1. The second-order valence-corrected chi connectivity index (χ2v) is 13.2. The van der Waals surface area contributed by atoms with Gasteiger partial charge < -0.3 is 14.2 Å². The molecular formula is C35H29N5O7S. The summed E-state index contributed by atoms with van der Waals surface area (Å²) in [7, 11) is -3.81. The molecule has 0 radical (unpaired) electrons. The first-order valence-electron chi connectivity index (χ1n) is 15.2. The van der Waals surface area contributed by atoms with Crippen molar-refractivity contribution in [3.05, 3.63) is 107 Å². The molecule has 242 valence electrons. The Bertz CT molecular complexity index is 2160. The van der Waals surface area contributed by atoms with Gasteiger partial charge in [0.25, 0.3) is 11.8 Å². The van der Waals surface area contributed by atoms with Crippen LogP contribution in [0.3, 0.4) is 0 Å². The molecule has 4 aromatic rings. The van der Waals surface area contributed by atoms with E-state index in [9.17, 15) is 23.3 Å². The van der Waals surface area contributed by atoms with E-state index in [-0.39, 0.29) is 48.0 Å². The molecule has 1 fully saturated rings. The predicted molar refractivity (Wildman–Crippen MR) is 173 cm³/mol. The van der Waals surface area contributed by atoms with Crippen LogP contribution < -0.4 is 9.47 Å². The fraction of sp³-hybridized carbons (Fsp3) is 0.200. The maximum atomic E-state index is 14.1. The average molecular weight is 664 g/mol. The molecule has 0 N–H and O–H groups in total. The van der Waals surface area contributed by atoms with Crippen molar-refractivity contribution in [2.45, 2.75) is 18.4 Å². The Labute approximate surface area is 276 Å². The number of para-hydroxylation sites is 1. The highest BCUT2D eigenvalue weighted by molar-refractivity contribution is 7.89. The standard InChI is InChI=1S/C35H29N5O7S/c1-23-29(34(41)39(35(42)30(23)19-36)20-24-10-11-31-32(16-24)47-22-46-31)18-26-21-40(27-7-3-2-4-8-27)37-33(26)25-6-5-9-28(17-25)48(43,44)38-12-14-45-15-13-38/h2-11,16-18,21H,12-15,20,22H2,1H3/b29-18+. The molecule has 0 spiro atoms. The fourth-order valence-electron chi connectivity index (χ4n) is 5.82. The SMILES string of the molecule is CC1=C(C#N)C(=O)N(Cc2ccc3c(c2)OCO3)C(=O)/C1=C/c1cn(-c2ccccc2)nc1-c1cccc(S(=O)(=O)N2CCOCC2)c1. The summed E-state index contributed by atoms with van der Waals surface area (Å²) in [6, 6.07) is 22.9. The van der Waals surface area contributed by atoms with E-state index >= 15 is 0 Å². The first-order valence-corrected chi connectivity index (χ1v) is 16.6. The van der Waals surface area contributed by atoms with Gasteiger partial charge in [0.05, 0.1) is 30.3 Å². The van der Waals surface area contributed by atoms with Gasteiger partial charge in [0.15, 0.2) is 11.5 Å². The third kappa shape index (κ3) is 5.66. The third-order valence-corrected chi connectivity index (χ3v) is 10.3. The lowest BCUT2D eigenvalue weighted by atomic mass is 9.93. The Kier molecular flexibility index (Phi) is 8.14. The number of carbonyl (C=O) groups is 2. The van der Waals surface area contributed by atoms with Gasteiger partial charge in [-0.15, -0.1) is 0 Å². The van der Waals surface area contributed by atoms with Crippen molar-refractivity contribution in [3.8, 4) is 34.5 Å². The van der Waals surface area contributed by atoms with Crippen molar-refractivity contribution >= 4 is 27.9 Å². The van der Waals surface area contributed by atoms with Gasteiger partial charge in [0.1, 0.15) is 17.3 Å². The lowest BCUT2D eigenvalue weighted by Crippen LogP contribution is -2.42. The molecular weight excluding hydrogens is 634 g/mol. The fourth-order valence-corrected chi connectivity index (χ4v) is 7.28. The molecule has 48 heavy (non-hydrogen) atoms. The minimum Gasteiger partial charge on any atom is -0.454 e. The molecule has 0 bridgehead atoms. The van der Waals surface area contributed by atoms with Gasteiger partial charge in [-0.2, -0.15) is 14.7 Å². The smallest absolute Gasteiger partial charge is 0.271 e. The maximum absolute atomic E-state index is 14.1. The zero-order chi connectivity index (χ0) is 33.4. The lowest BCUT2D eigenvalue weighted by molar-refractivity contribution is -0.141. The molecule has 13 heteroatoms. The highest BCUT2D eigenvalue weighted by Gasteiger charge is 2.36. The number of imide groups is 1. The van der Waals surface area contributed by atoms with Gasteiger partial charge in [-0.1, -0.05) is 36.4 Å². The molecule has 3 aliphatic rings. The Morgan fingerprint density at radius 3 is 2.48 bits per heavy atom. The predicted octanol–water partition coefficient (Wildman–Crippen LogP) is 4.08. The quantitative estimate of drug-likeness (QED) is 0.211. The van der Waals surface area contributed by atoms with Gasteiger partial charge >= 0.3 is 0 Å². The number of fused-ring (bicyclic) bond motifs is 1. The Morgan fingerprint density at radius 1 is 0.938 bits per heavy atom. The summed E-state index contributed by atoms with van der Waals surface area (Å²) in [4.78, 5) is 28.6. The van der Waals surface area contributed by atoms with E-state index in [2.05, 4.69) is 0 Å². The zero-order valence-corrected chi connectivity index (χ0v) is 26.6. The van der Waals surface area contributed by atoms with Crippen LogP contribution in [0.15, 0.2) is 101 Å². The number of hydrogen-bond acceptors (Lipinski definition) is 9. The number of carbonyl (C=O) groups excluding carboxylic acids is 2. The van der Waals surface area contributed by atoms with Crippen molar-refractivity contribution in [3.63, 3.8) is 0 Å². The largest absolute Gasteiger partial charge is 0.454 e.